The topological polar surface area (TPSA) is 21.3 Å². The molecule has 0 aliphatic heterocycles. The molecular formula is C54H34N2O. The maximum atomic E-state index is 6.58. The van der Waals surface area contributed by atoms with Crippen LogP contribution in [0.25, 0.3) is 92.9 Å². The Kier molecular flexibility index (Phi) is 6.93. The van der Waals surface area contributed by atoms with E-state index in [9.17, 15) is 0 Å². The molecule has 0 aliphatic carbocycles. The molecule has 0 bridgehead atoms. The first-order valence-electron chi connectivity index (χ1n) is 19.5. The third-order valence-electron chi connectivity index (χ3n) is 11.7. The molecule has 10 aromatic carbocycles. The second-order valence-corrected chi connectivity index (χ2v) is 14.9. The van der Waals surface area contributed by atoms with E-state index in [0.717, 1.165) is 44.4 Å². The van der Waals surface area contributed by atoms with Crippen LogP contribution in [0.1, 0.15) is 0 Å². The largest absolute Gasteiger partial charge is 0.455 e. The van der Waals surface area contributed by atoms with Gasteiger partial charge in [0.05, 0.1) is 16.7 Å². The number of anilines is 3. The Morgan fingerprint density at radius 1 is 0.333 bits per heavy atom. The minimum Gasteiger partial charge on any atom is -0.455 e. The van der Waals surface area contributed by atoms with Gasteiger partial charge in [-0.15, -0.1) is 0 Å². The zero-order chi connectivity index (χ0) is 37.5. The van der Waals surface area contributed by atoms with Crippen LogP contribution in [0.2, 0.25) is 0 Å². The predicted octanol–water partition coefficient (Wildman–Crippen LogP) is 15.3. The standard InChI is InChI=1S/C54H34N2O/c1-2-11-35(12-3-1)38-21-22-40-32-41(25-23-39(40)31-38)55(43-27-30-53-49(34-43)47-28-24-37-14-5-7-17-45(37)54(47)57-53)42-26-29-52-48(33-42)46-18-8-9-19-51(46)56(52)50-20-10-15-36-13-4-6-16-44(36)50/h1-34H. The van der Waals surface area contributed by atoms with Crippen molar-refractivity contribution in [2.75, 3.05) is 4.90 Å². The third kappa shape index (κ3) is 4.99. The highest BCUT2D eigenvalue weighted by atomic mass is 16.3. The molecule has 12 rings (SSSR count). The fourth-order valence-corrected chi connectivity index (χ4v) is 9.02. The molecule has 0 saturated heterocycles. The Hall–Kier alpha value is -7.62. The fourth-order valence-electron chi connectivity index (χ4n) is 9.02. The number of aromatic nitrogens is 1. The van der Waals surface area contributed by atoms with Crippen LogP contribution in [0.5, 0.6) is 0 Å². The maximum Gasteiger partial charge on any atom is 0.143 e. The lowest BCUT2D eigenvalue weighted by atomic mass is 10.0. The van der Waals surface area contributed by atoms with Crippen LogP contribution in [0.3, 0.4) is 0 Å². The summed E-state index contributed by atoms with van der Waals surface area (Å²) in [6.45, 7) is 0. The molecule has 0 atom stereocenters. The minimum absolute atomic E-state index is 0.880. The third-order valence-corrected chi connectivity index (χ3v) is 11.7. The van der Waals surface area contributed by atoms with Gasteiger partial charge in [0.1, 0.15) is 11.2 Å². The lowest BCUT2D eigenvalue weighted by Gasteiger charge is -2.26. The van der Waals surface area contributed by atoms with Crippen LogP contribution in [-0.4, -0.2) is 4.57 Å². The summed E-state index contributed by atoms with van der Waals surface area (Å²) in [5.74, 6) is 0. The molecule has 12 aromatic rings. The van der Waals surface area contributed by atoms with E-state index in [1.807, 2.05) is 0 Å². The average molecular weight is 727 g/mol. The molecule has 3 nitrogen and oxygen atoms in total. The van der Waals surface area contributed by atoms with E-state index in [-0.39, 0.29) is 0 Å². The Balaban J connectivity index is 1.08. The van der Waals surface area contributed by atoms with E-state index < -0.39 is 0 Å². The fraction of sp³-hybridized carbons (Fsp3) is 0. The van der Waals surface area contributed by atoms with Gasteiger partial charge < -0.3 is 13.9 Å². The quantitative estimate of drug-likeness (QED) is 0.176. The predicted molar refractivity (Wildman–Crippen MR) is 241 cm³/mol. The summed E-state index contributed by atoms with van der Waals surface area (Å²) in [5, 5.41) is 11.8. The van der Waals surface area contributed by atoms with Crippen molar-refractivity contribution in [1.29, 1.82) is 0 Å². The summed E-state index contributed by atoms with van der Waals surface area (Å²) in [4.78, 5) is 2.40. The van der Waals surface area contributed by atoms with Crippen LogP contribution >= 0.6 is 0 Å². The van der Waals surface area contributed by atoms with Crippen molar-refractivity contribution in [3.63, 3.8) is 0 Å². The second-order valence-electron chi connectivity index (χ2n) is 14.9. The van der Waals surface area contributed by atoms with Gasteiger partial charge in [-0.3, -0.25) is 0 Å². The van der Waals surface area contributed by atoms with Crippen molar-refractivity contribution in [3.05, 3.63) is 206 Å². The maximum absolute atomic E-state index is 6.58. The van der Waals surface area contributed by atoms with Crippen LogP contribution in [-0.2, 0) is 0 Å². The normalized spacial score (nSPS) is 11.9. The van der Waals surface area contributed by atoms with Crippen LogP contribution < -0.4 is 4.90 Å². The van der Waals surface area contributed by atoms with Crippen LogP contribution in [0.4, 0.5) is 17.1 Å². The van der Waals surface area contributed by atoms with E-state index in [1.54, 1.807) is 0 Å². The van der Waals surface area contributed by atoms with E-state index in [0.29, 0.717) is 0 Å². The van der Waals surface area contributed by atoms with E-state index in [2.05, 4.69) is 216 Å². The summed E-state index contributed by atoms with van der Waals surface area (Å²) in [5.41, 5.74) is 11.0. The average Bonchev–Trinajstić information content (AvgIpc) is 3.82. The van der Waals surface area contributed by atoms with Crippen LogP contribution in [0, 0.1) is 0 Å². The molecule has 57 heavy (non-hydrogen) atoms. The van der Waals surface area contributed by atoms with E-state index in [4.69, 9.17) is 4.42 Å². The molecule has 0 aliphatic rings. The number of furan rings is 1. The molecule has 0 N–H and O–H groups in total. The first-order valence-corrected chi connectivity index (χ1v) is 19.5. The summed E-state index contributed by atoms with van der Waals surface area (Å²) in [6.07, 6.45) is 0. The zero-order valence-corrected chi connectivity index (χ0v) is 30.9. The van der Waals surface area contributed by atoms with Crippen molar-refractivity contribution < 1.29 is 4.42 Å². The van der Waals surface area contributed by atoms with E-state index in [1.165, 1.54) is 65.6 Å². The van der Waals surface area contributed by atoms with E-state index >= 15 is 0 Å². The van der Waals surface area contributed by atoms with Gasteiger partial charge in [0.15, 0.2) is 0 Å². The number of fused-ring (bicyclic) bond motifs is 10. The molecule has 2 aromatic heterocycles. The minimum atomic E-state index is 0.880. The number of rotatable bonds is 5. The monoisotopic (exact) mass is 726 g/mol. The van der Waals surface area contributed by atoms with Gasteiger partial charge in [-0.2, -0.15) is 0 Å². The molecule has 0 fully saturated rings. The Morgan fingerprint density at radius 3 is 1.82 bits per heavy atom. The molecule has 266 valence electrons. The molecule has 0 saturated carbocycles. The van der Waals surface area contributed by atoms with Gasteiger partial charge in [0.2, 0.25) is 0 Å². The zero-order valence-electron chi connectivity index (χ0n) is 30.9. The number of benzene rings is 10. The number of para-hydroxylation sites is 1. The van der Waals surface area contributed by atoms with Gasteiger partial charge in [-0.05, 0) is 105 Å². The molecular weight excluding hydrogens is 693 g/mol. The Labute approximate surface area is 328 Å². The first-order chi connectivity index (χ1) is 28.2. The molecule has 0 radical (unpaired) electrons. The van der Waals surface area contributed by atoms with Gasteiger partial charge >= 0.3 is 0 Å². The summed E-state index contributed by atoms with van der Waals surface area (Å²) in [6, 6.07) is 74.6. The smallest absolute Gasteiger partial charge is 0.143 e. The van der Waals surface area contributed by atoms with Gasteiger partial charge in [0, 0.05) is 49.4 Å². The van der Waals surface area contributed by atoms with Gasteiger partial charge in [0.25, 0.3) is 0 Å². The molecule has 0 amide bonds. The Morgan fingerprint density at radius 2 is 0.947 bits per heavy atom. The first kappa shape index (κ1) is 31.7. The van der Waals surface area contributed by atoms with Crippen LogP contribution in [0.15, 0.2) is 211 Å². The van der Waals surface area contributed by atoms with Crippen molar-refractivity contribution in [3.8, 4) is 16.8 Å². The summed E-state index contributed by atoms with van der Waals surface area (Å²) < 4.78 is 9.00. The van der Waals surface area contributed by atoms with Crippen molar-refractivity contribution in [1.82, 2.24) is 4.57 Å². The highest BCUT2D eigenvalue weighted by Crippen LogP contribution is 2.44. The highest BCUT2D eigenvalue weighted by Gasteiger charge is 2.20. The number of hydrogen-bond acceptors (Lipinski definition) is 2. The lowest BCUT2D eigenvalue weighted by Crippen LogP contribution is -2.10. The second kappa shape index (κ2) is 12.5. The summed E-state index contributed by atoms with van der Waals surface area (Å²) in [7, 11) is 0. The van der Waals surface area contributed by atoms with Crippen molar-refractivity contribution >= 4 is 93.1 Å². The van der Waals surface area contributed by atoms with Gasteiger partial charge in [-0.25, -0.2) is 0 Å². The SMILES string of the molecule is c1ccc(-c2ccc3cc(N(c4ccc5oc6c7ccccc7ccc6c5c4)c4ccc5c(c4)c4ccccc4n5-c4cccc5ccccc45)ccc3c2)cc1. The van der Waals surface area contributed by atoms with Crippen molar-refractivity contribution in [2.45, 2.75) is 0 Å². The number of nitrogens with zero attached hydrogens (tertiary/aromatic N) is 2. The Bertz CT molecular complexity index is 3530. The molecule has 0 spiro atoms. The highest BCUT2D eigenvalue weighted by molar-refractivity contribution is 6.16. The van der Waals surface area contributed by atoms with Crippen molar-refractivity contribution in [2.24, 2.45) is 0 Å². The summed E-state index contributed by atoms with van der Waals surface area (Å²) >= 11 is 0. The molecule has 3 heteroatoms. The number of hydrogen-bond donors (Lipinski definition) is 0. The molecule has 0 unspecified atom stereocenters. The lowest BCUT2D eigenvalue weighted by molar-refractivity contribution is 0.672. The molecule has 2 heterocycles. The van der Waals surface area contributed by atoms with Gasteiger partial charge in [-0.1, -0.05) is 133 Å².